The van der Waals surface area contributed by atoms with Gasteiger partial charge in [0, 0.05) is 12.8 Å². The predicted octanol–water partition coefficient (Wildman–Crippen LogP) is 0.564. The van der Waals surface area contributed by atoms with E-state index < -0.39 is 5.97 Å². The van der Waals surface area contributed by atoms with Gasteiger partial charge in [0.2, 0.25) is 5.95 Å². The molecule has 1 fully saturated rings. The fourth-order valence-electron chi connectivity index (χ4n) is 1.74. The van der Waals surface area contributed by atoms with Gasteiger partial charge >= 0.3 is 5.97 Å². The molecule has 1 aliphatic rings. The van der Waals surface area contributed by atoms with Crippen molar-refractivity contribution >= 4 is 17.7 Å². The number of aromatic nitrogens is 2. The van der Waals surface area contributed by atoms with Gasteiger partial charge in [-0.15, -0.1) is 0 Å². The van der Waals surface area contributed by atoms with Gasteiger partial charge in [0.15, 0.2) is 0 Å². The lowest BCUT2D eigenvalue weighted by Gasteiger charge is -2.23. The molecule has 18 heavy (non-hydrogen) atoms. The summed E-state index contributed by atoms with van der Waals surface area (Å²) in [6.07, 6.45) is 3.66. The summed E-state index contributed by atoms with van der Waals surface area (Å²) in [6.45, 7) is 1.28. The quantitative estimate of drug-likeness (QED) is 0.704. The summed E-state index contributed by atoms with van der Waals surface area (Å²) < 4.78 is 5.36. The normalized spacial score (nSPS) is 19.2. The minimum atomic E-state index is -0.947. The molecule has 0 amide bonds. The van der Waals surface area contributed by atoms with Crippen LogP contribution in [0.4, 0.5) is 11.8 Å². The number of carboxylic acid groups (broad SMARTS) is 1. The summed E-state index contributed by atoms with van der Waals surface area (Å²) in [7, 11) is 0. The Kier molecular flexibility index (Phi) is 4.30. The second kappa shape index (κ2) is 6.15. The smallest absolute Gasteiger partial charge is 0.322 e. The molecule has 3 N–H and O–H groups in total. The molecule has 2 heterocycles. The van der Waals surface area contributed by atoms with E-state index >= 15 is 0 Å². The van der Waals surface area contributed by atoms with Crippen molar-refractivity contribution in [3.63, 3.8) is 0 Å². The maximum atomic E-state index is 10.4. The number of aliphatic carboxylic acids is 1. The summed E-state index contributed by atoms with van der Waals surface area (Å²) in [6, 6.07) is 2.00. The van der Waals surface area contributed by atoms with E-state index in [-0.39, 0.29) is 12.6 Å². The molecule has 1 atom stereocenters. The van der Waals surface area contributed by atoms with Gasteiger partial charge in [0.1, 0.15) is 12.4 Å². The van der Waals surface area contributed by atoms with Crippen LogP contribution in [0.3, 0.4) is 0 Å². The number of carbonyl (C=O) groups is 1. The summed E-state index contributed by atoms with van der Waals surface area (Å²) in [4.78, 5) is 18.6. The zero-order valence-electron chi connectivity index (χ0n) is 9.93. The summed E-state index contributed by atoms with van der Waals surface area (Å²) in [5.74, 6) is 0.0326. The molecule has 1 aromatic heterocycles. The lowest BCUT2D eigenvalue weighted by atomic mass is 10.1. The van der Waals surface area contributed by atoms with Crippen LogP contribution in [0.15, 0.2) is 12.3 Å². The summed E-state index contributed by atoms with van der Waals surface area (Å²) in [5, 5.41) is 14.4. The fourth-order valence-corrected chi connectivity index (χ4v) is 1.74. The average molecular weight is 252 g/mol. The third kappa shape index (κ3) is 3.85. The second-order valence-electron chi connectivity index (χ2n) is 4.07. The Balaban J connectivity index is 1.91. The van der Waals surface area contributed by atoms with E-state index in [0.29, 0.717) is 18.4 Å². The first-order chi connectivity index (χ1) is 8.74. The number of rotatable bonds is 5. The van der Waals surface area contributed by atoms with Crippen LogP contribution in [0.5, 0.6) is 0 Å². The van der Waals surface area contributed by atoms with Crippen LogP contribution < -0.4 is 10.6 Å². The first kappa shape index (κ1) is 12.6. The number of hydrogen-bond acceptors (Lipinski definition) is 6. The monoisotopic (exact) mass is 252 g/mol. The molecule has 1 saturated heterocycles. The average Bonchev–Trinajstić information content (AvgIpc) is 2.38. The van der Waals surface area contributed by atoms with Crippen molar-refractivity contribution in [3.05, 3.63) is 12.3 Å². The molecule has 0 radical (unpaired) electrons. The van der Waals surface area contributed by atoms with Crippen molar-refractivity contribution in [2.24, 2.45) is 0 Å². The van der Waals surface area contributed by atoms with E-state index in [1.165, 1.54) is 0 Å². The Bertz CT molecular complexity index is 407. The Hall–Kier alpha value is -1.89. The fraction of sp³-hybridized carbons (Fsp3) is 0.545. The van der Waals surface area contributed by atoms with Crippen LogP contribution in [0.1, 0.15) is 12.8 Å². The highest BCUT2D eigenvalue weighted by atomic mass is 16.5. The van der Waals surface area contributed by atoms with Crippen LogP contribution in [-0.4, -0.2) is 46.8 Å². The van der Waals surface area contributed by atoms with Crippen molar-refractivity contribution in [1.82, 2.24) is 9.97 Å². The van der Waals surface area contributed by atoms with Crippen molar-refractivity contribution in [2.75, 3.05) is 30.4 Å². The first-order valence-electron chi connectivity index (χ1n) is 5.87. The standard InChI is InChI=1S/C11H16N4O3/c16-10(17)6-13-11-12-4-3-9(15-11)14-8-2-1-5-18-7-8/h3-4,8H,1-2,5-7H2,(H,16,17)(H2,12,13,14,15). The van der Waals surface area contributed by atoms with Gasteiger partial charge in [-0.05, 0) is 18.9 Å². The van der Waals surface area contributed by atoms with Gasteiger partial charge in [0.25, 0.3) is 0 Å². The van der Waals surface area contributed by atoms with Gasteiger partial charge < -0.3 is 20.5 Å². The highest BCUT2D eigenvalue weighted by Gasteiger charge is 2.14. The van der Waals surface area contributed by atoms with Crippen LogP contribution in [0, 0.1) is 0 Å². The topological polar surface area (TPSA) is 96.4 Å². The van der Waals surface area contributed by atoms with Gasteiger partial charge in [-0.25, -0.2) is 4.98 Å². The molecule has 7 nitrogen and oxygen atoms in total. The molecule has 0 spiro atoms. The SMILES string of the molecule is O=C(O)CNc1nccc(NC2CCCOC2)n1. The number of carboxylic acids is 1. The predicted molar refractivity (Wildman–Crippen MR) is 65.6 cm³/mol. The molecular formula is C11H16N4O3. The highest BCUT2D eigenvalue weighted by molar-refractivity contribution is 5.71. The van der Waals surface area contributed by atoms with E-state index in [1.54, 1.807) is 12.3 Å². The lowest BCUT2D eigenvalue weighted by molar-refractivity contribution is -0.134. The van der Waals surface area contributed by atoms with E-state index in [1.807, 2.05) is 0 Å². The Morgan fingerprint density at radius 3 is 3.22 bits per heavy atom. The second-order valence-corrected chi connectivity index (χ2v) is 4.07. The van der Waals surface area contributed by atoms with Crippen molar-refractivity contribution in [3.8, 4) is 0 Å². The first-order valence-corrected chi connectivity index (χ1v) is 5.87. The van der Waals surface area contributed by atoms with Gasteiger partial charge in [0.05, 0.1) is 12.6 Å². The third-order valence-corrected chi connectivity index (χ3v) is 2.57. The lowest BCUT2D eigenvalue weighted by Crippen LogP contribution is -2.30. The van der Waals surface area contributed by atoms with E-state index in [4.69, 9.17) is 9.84 Å². The number of hydrogen-bond donors (Lipinski definition) is 3. The van der Waals surface area contributed by atoms with Gasteiger partial charge in [-0.1, -0.05) is 0 Å². The summed E-state index contributed by atoms with van der Waals surface area (Å²) in [5.41, 5.74) is 0. The van der Waals surface area contributed by atoms with E-state index in [2.05, 4.69) is 20.6 Å². The van der Waals surface area contributed by atoms with E-state index in [0.717, 1.165) is 19.4 Å². The molecule has 7 heteroatoms. The maximum absolute atomic E-state index is 10.4. The molecule has 2 rings (SSSR count). The van der Waals surface area contributed by atoms with Crippen molar-refractivity contribution in [2.45, 2.75) is 18.9 Å². The Morgan fingerprint density at radius 2 is 2.50 bits per heavy atom. The highest BCUT2D eigenvalue weighted by Crippen LogP contribution is 2.13. The van der Waals surface area contributed by atoms with E-state index in [9.17, 15) is 4.79 Å². The molecule has 1 aromatic rings. The van der Waals surface area contributed by atoms with Crippen molar-refractivity contribution < 1.29 is 14.6 Å². The molecule has 98 valence electrons. The van der Waals surface area contributed by atoms with Crippen LogP contribution >= 0.6 is 0 Å². The minimum absolute atomic E-state index is 0.198. The number of anilines is 2. The number of ether oxygens (including phenoxy) is 1. The molecular weight excluding hydrogens is 236 g/mol. The van der Waals surface area contributed by atoms with Crippen molar-refractivity contribution in [1.29, 1.82) is 0 Å². The van der Waals surface area contributed by atoms with Gasteiger partial charge in [-0.2, -0.15) is 4.98 Å². The Labute approximate surface area is 105 Å². The zero-order valence-corrected chi connectivity index (χ0v) is 9.93. The Morgan fingerprint density at radius 1 is 1.61 bits per heavy atom. The molecule has 0 saturated carbocycles. The van der Waals surface area contributed by atoms with Crippen LogP contribution in [-0.2, 0) is 9.53 Å². The summed E-state index contributed by atoms with van der Waals surface area (Å²) >= 11 is 0. The number of nitrogens with zero attached hydrogens (tertiary/aromatic N) is 2. The number of nitrogens with one attached hydrogen (secondary N) is 2. The molecule has 1 unspecified atom stereocenters. The largest absolute Gasteiger partial charge is 0.480 e. The third-order valence-electron chi connectivity index (χ3n) is 2.57. The minimum Gasteiger partial charge on any atom is -0.480 e. The maximum Gasteiger partial charge on any atom is 0.322 e. The molecule has 1 aliphatic heterocycles. The molecule has 0 aliphatic carbocycles. The van der Waals surface area contributed by atoms with Crippen LogP contribution in [0.25, 0.3) is 0 Å². The molecule has 0 bridgehead atoms. The van der Waals surface area contributed by atoms with Gasteiger partial charge in [-0.3, -0.25) is 4.79 Å². The zero-order chi connectivity index (χ0) is 12.8. The van der Waals surface area contributed by atoms with Crippen LogP contribution in [0.2, 0.25) is 0 Å². The molecule has 0 aromatic carbocycles.